The van der Waals surface area contributed by atoms with Crippen molar-refractivity contribution in [3.05, 3.63) is 59.1 Å². The third kappa shape index (κ3) is 5.27. The zero-order chi connectivity index (χ0) is 18.4. The van der Waals surface area contributed by atoms with Crippen LogP contribution in [-0.4, -0.2) is 39.3 Å². The molecule has 134 valence electrons. The smallest absolute Gasteiger partial charge is 0.250 e. The number of anilines is 1. The van der Waals surface area contributed by atoms with Gasteiger partial charge in [-0.3, -0.25) is 4.79 Å². The van der Waals surface area contributed by atoms with Crippen molar-refractivity contribution in [3.63, 3.8) is 0 Å². The van der Waals surface area contributed by atoms with Gasteiger partial charge in [-0.25, -0.2) is 12.7 Å². The number of rotatable bonds is 7. The Morgan fingerprint density at radius 3 is 2.56 bits per heavy atom. The van der Waals surface area contributed by atoms with Crippen LogP contribution in [0, 0.1) is 0 Å². The van der Waals surface area contributed by atoms with E-state index in [1.807, 2.05) is 18.2 Å². The van der Waals surface area contributed by atoms with Gasteiger partial charge in [0.05, 0.1) is 11.5 Å². The number of benzene rings is 2. The molecule has 8 heteroatoms. The molecular formula is C17H19ClN2O4S. The van der Waals surface area contributed by atoms with Crippen LogP contribution in [0.2, 0.25) is 5.02 Å². The Balaban J connectivity index is 1.94. The molecule has 0 saturated heterocycles. The molecule has 2 aromatic rings. The molecule has 0 aliphatic rings. The quantitative estimate of drug-likeness (QED) is 0.798. The van der Waals surface area contributed by atoms with E-state index in [-0.39, 0.29) is 24.0 Å². The molecule has 0 aliphatic heterocycles. The highest BCUT2D eigenvalue weighted by molar-refractivity contribution is 7.89. The highest BCUT2D eigenvalue weighted by Crippen LogP contribution is 2.18. The number of ether oxygens (including phenoxy) is 1. The Morgan fingerprint density at radius 2 is 1.88 bits per heavy atom. The van der Waals surface area contributed by atoms with Gasteiger partial charge in [-0.2, -0.15) is 0 Å². The van der Waals surface area contributed by atoms with Crippen LogP contribution in [0.25, 0.3) is 0 Å². The molecule has 0 saturated carbocycles. The lowest BCUT2D eigenvalue weighted by molar-refractivity contribution is -0.121. The van der Waals surface area contributed by atoms with Crippen LogP contribution in [-0.2, 0) is 26.2 Å². The van der Waals surface area contributed by atoms with E-state index in [1.165, 1.54) is 26.2 Å². The lowest BCUT2D eigenvalue weighted by Crippen LogP contribution is -2.23. The molecule has 0 fully saturated rings. The van der Waals surface area contributed by atoms with Crippen molar-refractivity contribution in [2.75, 3.05) is 26.0 Å². The van der Waals surface area contributed by atoms with Gasteiger partial charge in [0.25, 0.3) is 0 Å². The number of halogens is 1. The first-order chi connectivity index (χ1) is 11.8. The Hall–Kier alpha value is -1.93. The summed E-state index contributed by atoms with van der Waals surface area (Å²) in [4.78, 5) is 12.1. The highest BCUT2D eigenvalue weighted by Gasteiger charge is 2.17. The van der Waals surface area contributed by atoms with Crippen molar-refractivity contribution < 1.29 is 17.9 Å². The molecule has 0 aromatic heterocycles. The third-order valence-corrected chi connectivity index (χ3v) is 5.52. The molecule has 2 aromatic carbocycles. The van der Waals surface area contributed by atoms with Crippen molar-refractivity contribution in [2.45, 2.75) is 11.5 Å². The van der Waals surface area contributed by atoms with Crippen molar-refractivity contribution in [3.8, 4) is 0 Å². The molecular weight excluding hydrogens is 364 g/mol. The van der Waals surface area contributed by atoms with Gasteiger partial charge in [0, 0.05) is 24.8 Å². The van der Waals surface area contributed by atoms with E-state index in [1.54, 1.807) is 18.2 Å². The van der Waals surface area contributed by atoms with Crippen LogP contribution in [0.15, 0.2) is 53.4 Å². The lowest BCUT2D eigenvalue weighted by atomic mass is 10.2. The number of nitrogens with one attached hydrogen (secondary N) is 1. The van der Waals surface area contributed by atoms with E-state index in [0.29, 0.717) is 10.7 Å². The van der Waals surface area contributed by atoms with Crippen molar-refractivity contribution >= 4 is 33.2 Å². The minimum Gasteiger partial charge on any atom is -0.367 e. The minimum absolute atomic E-state index is 0.104. The van der Waals surface area contributed by atoms with Crippen LogP contribution < -0.4 is 5.32 Å². The SMILES string of the molecule is CN(C)S(=O)(=O)c1cccc(NC(=O)COCc2ccccc2Cl)c1. The summed E-state index contributed by atoms with van der Waals surface area (Å²) < 4.78 is 30.7. The molecule has 1 N–H and O–H groups in total. The fourth-order valence-corrected chi connectivity index (χ4v) is 3.15. The Bertz CT molecular complexity index is 853. The summed E-state index contributed by atoms with van der Waals surface area (Å²) >= 11 is 6.01. The summed E-state index contributed by atoms with van der Waals surface area (Å²) in [6, 6.07) is 13.3. The number of nitrogens with zero attached hydrogens (tertiary/aromatic N) is 1. The first kappa shape index (κ1) is 19.4. The van der Waals surface area contributed by atoms with Gasteiger partial charge in [0.15, 0.2) is 0 Å². The van der Waals surface area contributed by atoms with E-state index in [9.17, 15) is 13.2 Å². The predicted molar refractivity (Wildman–Crippen MR) is 97.1 cm³/mol. The van der Waals surface area contributed by atoms with Gasteiger partial charge < -0.3 is 10.1 Å². The molecule has 6 nitrogen and oxygen atoms in total. The average molecular weight is 383 g/mol. The predicted octanol–water partition coefficient (Wildman–Crippen LogP) is 2.75. The van der Waals surface area contributed by atoms with Crippen LogP contribution >= 0.6 is 11.6 Å². The fraction of sp³-hybridized carbons (Fsp3) is 0.235. The second kappa shape index (κ2) is 8.44. The summed E-state index contributed by atoms with van der Waals surface area (Å²) in [5.74, 6) is -0.383. The summed E-state index contributed by atoms with van der Waals surface area (Å²) in [6.45, 7) is 0.0397. The first-order valence-electron chi connectivity index (χ1n) is 7.44. The molecule has 0 unspecified atom stereocenters. The first-order valence-corrected chi connectivity index (χ1v) is 9.26. The van der Waals surface area contributed by atoms with Gasteiger partial charge >= 0.3 is 0 Å². The third-order valence-electron chi connectivity index (χ3n) is 3.34. The van der Waals surface area contributed by atoms with Gasteiger partial charge in [-0.05, 0) is 29.8 Å². The van der Waals surface area contributed by atoms with Gasteiger partial charge in [0.2, 0.25) is 15.9 Å². The van der Waals surface area contributed by atoms with Gasteiger partial charge in [-0.15, -0.1) is 0 Å². The zero-order valence-corrected chi connectivity index (χ0v) is 15.5. The Morgan fingerprint density at radius 1 is 1.16 bits per heavy atom. The largest absolute Gasteiger partial charge is 0.367 e. The minimum atomic E-state index is -3.56. The fourth-order valence-electron chi connectivity index (χ4n) is 2.01. The van der Waals surface area contributed by atoms with E-state index in [4.69, 9.17) is 16.3 Å². The summed E-state index contributed by atoms with van der Waals surface area (Å²) in [5, 5.41) is 3.19. The molecule has 1 amide bonds. The van der Waals surface area contributed by atoms with Crippen LogP contribution in [0.4, 0.5) is 5.69 Å². The number of amides is 1. The van der Waals surface area contributed by atoms with Crippen LogP contribution in [0.1, 0.15) is 5.56 Å². The van der Waals surface area contributed by atoms with Crippen molar-refractivity contribution in [2.24, 2.45) is 0 Å². The number of hydrogen-bond acceptors (Lipinski definition) is 4. The number of carbonyl (C=O) groups excluding carboxylic acids is 1. The number of carbonyl (C=O) groups is 1. The maximum Gasteiger partial charge on any atom is 0.250 e. The molecule has 25 heavy (non-hydrogen) atoms. The van der Waals surface area contributed by atoms with Gasteiger partial charge in [0.1, 0.15) is 6.61 Å². The van der Waals surface area contributed by atoms with E-state index < -0.39 is 10.0 Å². The average Bonchev–Trinajstić information content (AvgIpc) is 2.56. The Labute approximate surface area is 152 Å². The molecule has 0 heterocycles. The van der Waals surface area contributed by atoms with Crippen LogP contribution in [0.3, 0.4) is 0 Å². The maximum atomic E-state index is 12.1. The molecule has 0 spiro atoms. The Kier molecular flexibility index (Phi) is 6.55. The standard InChI is InChI=1S/C17H19ClN2O4S/c1-20(2)25(22,23)15-8-5-7-14(10-15)19-17(21)12-24-11-13-6-3-4-9-16(13)18/h3-10H,11-12H2,1-2H3,(H,19,21). The van der Waals surface area contributed by atoms with Crippen molar-refractivity contribution in [1.82, 2.24) is 4.31 Å². The summed E-state index contributed by atoms with van der Waals surface area (Å²) in [5.41, 5.74) is 1.17. The number of sulfonamides is 1. The zero-order valence-electron chi connectivity index (χ0n) is 13.9. The van der Waals surface area contributed by atoms with E-state index >= 15 is 0 Å². The van der Waals surface area contributed by atoms with Crippen LogP contribution in [0.5, 0.6) is 0 Å². The normalized spacial score (nSPS) is 11.5. The monoisotopic (exact) mass is 382 g/mol. The van der Waals surface area contributed by atoms with E-state index in [2.05, 4.69) is 5.32 Å². The lowest BCUT2D eigenvalue weighted by Gasteiger charge is -2.13. The second-order valence-corrected chi connectivity index (χ2v) is 8.01. The summed E-state index contributed by atoms with van der Waals surface area (Å²) in [6.07, 6.45) is 0. The molecule has 0 aliphatic carbocycles. The molecule has 2 rings (SSSR count). The highest BCUT2D eigenvalue weighted by atomic mass is 35.5. The number of hydrogen-bond donors (Lipinski definition) is 1. The maximum absolute atomic E-state index is 12.1. The second-order valence-electron chi connectivity index (χ2n) is 5.45. The van der Waals surface area contributed by atoms with Gasteiger partial charge in [-0.1, -0.05) is 35.9 Å². The molecule has 0 bridgehead atoms. The summed E-state index contributed by atoms with van der Waals surface area (Å²) in [7, 11) is -0.662. The molecule has 0 radical (unpaired) electrons. The molecule has 0 atom stereocenters. The topological polar surface area (TPSA) is 75.7 Å². The van der Waals surface area contributed by atoms with E-state index in [0.717, 1.165) is 9.87 Å². The van der Waals surface area contributed by atoms with Crippen molar-refractivity contribution in [1.29, 1.82) is 0 Å².